The molecule has 1 saturated carbocycles. The summed E-state index contributed by atoms with van der Waals surface area (Å²) in [5, 5.41) is 7.61. The van der Waals surface area contributed by atoms with Gasteiger partial charge in [-0.1, -0.05) is 12.8 Å². The van der Waals surface area contributed by atoms with Crippen molar-refractivity contribution in [3.05, 3.63) is 24.3 Å². The van der Waals surface area contributed by atoms with Crippen LogP contribution in [0.2, 0.25) is 0 Å². The Labute approximate surface area is 136 Å². The van der Waals surface area contributed by atoms with Crippen LogP contribution in [0.4, 0.5) is 4.79 Å². The first-order valence-electron chi connectivity index (χ1n) is 7.70. The zero-order valence-corrected chi connectivity index (χ0v) is 12.7. The van der Waals surface area contributed by atoms with Crippen LogP contribution in [0.25, 0.3) is 11.7 Å². The maximum atomic E-state index is 12.5. The number of rotatable bonds is 4. The lowest BCUT2D eigenvalue weighted by Crippen LogP contribution is -2.39. The highest BCUT2D eigenvalue weighted by Crippen LogP contribution is 2.28. The van der Waals surface area contributed by atoms with Crippen LogP contribution in [0.1, 0.15) is 31.6 Å². The summed E-state index contributed by atoms with van der Waals surface area (Å²) in [6.45, 7) is -0.236. The van der Waals surface area contributed by atoms with Crippen LogP contribution in [0.3, 0.4) is 0 Å². The molecular formula is C15H14N4O5. The molecule has 24 heavy (non-hydrogen) atoms. The average Bonchev–Trinajstić information content (AvgIpc) is 3.33. The SMILES string of the molecule is O=C1C(=O)N(C2CCCC2)C(=O)N1Cc1nnc(-c2ccco2)o1. The van der Waals surface area contributed by atoms with E-state index in [4.69, 9.17) is 8.83 Å². The Morgan fingerprint density at radius 1 is 1.12 bits per heavy atom. The molecule has 2 aromatic rings. The summed E-state index contributed by atoms with van der Waals surface area (Å²) in [7, 11) is 0. The van der Waals surface area contributed by atoms with Crippen molar-refractivity contribution in [1.82, 2.24) is 20.0 Å². The predicted octanol–water partition coefficient (Wildman–Crippen LogP) is 1.56. The third-order valence-corrected chi connectivity index (χ3v) is 4.27. The second-order valence-corrected chi connectivity index (χ2v) is 5.77. The molecule has 0 spiro atoms. The average molecular weight is 330 g/mol. The van der Waals surface area contributed by atoms with Gasteiger partial charge in [0.25, 0.3) is 5.89 Å². The van der Waals surface area contributed by atoms with Gasteiger partial charge in [-0.2, -0.15) is 0 Å². The molecule has 124 valence electrons. The van der Waals surface area contributed by atoms with E-state index in [1.165, 1.54) is 6.26 Å². The van der Waals surface area contributed by atoms with Gasteiger partial charge in [-0.15, -0.1) is 10.2 Å². The second-order valence-electron chi connectivity index (χ2n) is 5.77. The summed E-state index contributed by atoms with van der Waals surface area (Å²) in [6, 6.07) is 2.51. The minimum Gasteiger partial charge on any atom is -0.459 e. The van der Waals surface area contributed by atoms with Crippen molar-refractivity contribution in [3.8, 4) is 11.7 Å². The van der Waals surface area contributed by atoms with E-state index in [-0.39, 0.29) is 24.4 Å². The van der Waals surface area contributed by atoms with E-state index in [0.29, 0.717) is 5.76 Å². The molecule has 0 unspecified atom stereocenters. The van der Waals surface area contributed by atoms with E-state index < -0.39 is 17.8 Å². The largest absolute Gasteiger partial charge is 0.459 e. The van der Waals surface area contributed by atoms with Gasteiger partial charge >= 0.3 is 17.8 Å². The zero-order valence-electron chi connectivity index (χ0n) is 12.7. The number of aromatic nitrogens is 2. The Balaban J connectivity index is 1.53. The van der Waals surface area contributed by atoms with Gasteiger partial charge in [0.05, 0.1) is 6.26 Å². The van der Waals surface area contributed by atoms with Gasteiger partial charge in [0.15, 0.2) is 5.76 Å². The van der Waals surface area contributed by atoms with Crippen molar-refractivity contribution in [2.24, 2.45) is 0 Å². The minimum atomic E-state index is -0.857. The number of carbonyl (C=O) groups is 3. The summed E-state index contributed by atoms with van der Waals surface area (Å²) in [4.78, 5) is 38.6. The van der Waals surface area contributed by atoms with E-state index in [1.54, 1.807) is 12.1 Å². The van der Waals surface area contributed by atoms with Crippen molar-refractivity contribution >= 4 is 17.8 Å². The number of hydrogen-bond donors (Lipinski definition) is 0. The molecule has 2 aliphatic rings. The molecule has 9 heteroatoms. The molecule has 1 saturated heterocycles. The fourth-order valence-electron chi connectivity index (χ4n) is 3.10. The van der Waals surface area contributed by atoms with E-state index >= 15 is 0 Å². The topological polar surface area (TPSA) is 110 Å². The highest BCUT2D eigenvalue weighted by Gasteiger charge is 2.48. The van der Waals surface area contributed by atoms with Crippen molar-refractivity contribution in [3.63, 3.8) is 0 Å². The molecule has 0 bridgehead atoms. The molecule has 0 aromatic carbocycles. The van der Waals surface area contributed by atoms with Gasteiger partial charge in [-0.25, -0.2) is 9.69 Å². The summed E-state index contributed by atoms with van der Waals surface area (Å²) in [6.07, 6.45) is 4.84. The molecule has 3 heterocycles. The number of urea groups is 1. The maximum absolute atomic E-state index is 12.5. The molecular weight excluding hydrogens is 316 g/mol. The fraction of sp³-hybridized carbons (Fsp3) is 0.400. The summed E-state index contributed by atoms with van der Waals surface area (Å²) in [5.74, 6) is -1.05. The van der Waals surface area contributed by atoms with Gasteiger partial charge < -0.3 is 8.83 Å². The van der Waals surface area contributed by atoms with Crippen LogP contribution in [-0.4, -0.2) is 43.9 Å². The van der Waals surface area contributed by atoms with Crippen LogP contribution >= 0.6 is 0 Å². The summed E-state index contributed by atoms with van der Waals surface area (Å²) in [5.41, 5.74) is 0. The fourth-order valence-corrected chi connectivity index (χ4v) is 3.10. The zero-order chi connectivity index (χ0) is 16.7. The normalized spacial score (nSPS) is 19.1. The smallest absolute Gasteiger partial charge is 0.334 e. The van der Waals surface area contributed by atoms with Crippen LogP contribution in [0.15, 0.2) is 27.2 Å². The van der Waals surface area contributed by atoms with Gasteiger partial charge in [0.2, 0.25) is 5.89 Å². The standard InChI is InChI=1S/C15H14N4O5/c20-13-14(21)19(9-4-1-2-5-9)15(22)18(13)8-11-16-17-12(24-11)10-6-3-7-23-10/h3,6-7,9H,1-2,4-5,8H2. The van der Waals surface area contributed by atoms with Crippen molar-refractivity contribution in [2.45, 2.75) is 38.3 Å². The highest BCUT2D eigenvalue weighted by molar-refractivity contribution is 6.44. The molecule has 0 N–H and O–H groups in total. The van der Waals surface area contributed by atoms with Gasteiger partial charge in [-0.3, -0.25) is 14.5 Å². The lowest BCUT2D eigenvalue weighted by atomic mass is 10.2. The Hall–Kier alpha value is -2.97. The number of imide groups is 2. The Morgan fingerprint density at radius 3 is 2.62 bits per heavy atom. The Morgan fingerprint density at radius 2 is 1.92 bits per heavy atom. The highest BCUT2D eigenvalue weighted by atomic mass is 16.4. The third kappa shape index (κ3) is 2.29. The summed E-state index contributed by atoms with van der Waals surface area (Å²) < 4.78 is 10.5. The maximum Gasteiger partial charge on any atom is 0.334 e. The quantitative estimate of drug-likeness (QED) is 0.618. The first kappa shape index (κ1) is 14.6. The van der Waals surface area contributed by atoms with Crippen molar-refractivity contribution < 1.29 is 23.2 Å². The van der Waals surface area contributed by atoms with E-state index in [9.17, 15) is 14.4 Å². The van der Waals surface area contributed by atoms with Crippen LogP contribution in [-0.2, 0) is 16.1 Å². The lowest BCUT2D eigenvalue weighted by Gasteiger charge is -2.20. The number of furan rings is 1. The van der Waals surface area contributed by atoms with Gasteiger partial charge in [0.1, 0.15) is 6.54 Å². The predicted molar refractivity (Wildman–Crippen MR) is 77.0 cm³/mol. The Kier molecular flexibility index (Phi) is 3.40. The number of amides is 4. The third-order valence-electron chi connectivity index (χ3n) is 4.27. The van der Waals surface area contributed by atoms with Crippen molar-refractivity contribution in [2.75, 3.05) is 0 Å². The van der Waals surface area contributed by atoms with Crippen LogP contribution < -0.4 is 0 Å². The number of hydrogen-bond acceptors (Lipinski definition) is 7. The van der Waals surface area contributed by atoms with Crippen molar-refractivity contribution in [1.29, 1.82) is 0 Å². The van der Waals surface area contributed by atoms with E-state index in [0.717, 1.165) is 35.5 Å². The molecule has 0 radical (unpaired) electrons. The molecule has 1 aliphatic carbocycles. The number of nitrogens with zero attached hydrogens (tertiary/aromatic N) is 4. The molecule has 2 aromatic heterocycles. The minimum absolute atomic E-state index is 0.0594. The molecule has 4 amide bonds. The monoisotopic (exact) mass is 330 g/mol. The first-order valence-corrected chi connectivity index (χ1v) is 7.70. The first-order chi connectivity index (χ1) is 11.6. The van der Waals surface area contributed by atoms with Crippen LogP contribution in [0, 0.1) is 0 Å². The molecule has 0 atom stereocenters. The van der Waals surface area contributed by atoms with E-state index in [1.807, 2.05) is 0 Å². The van der Waals surface area contributed by atoms with Gasteiger partial charge in [-0.05, 0) is 25.0 Å². The van der Waals surface area contributed by atoms with Crippen LogP contribution in [0.5, 0.6) is 0 Å². The molecule has 4 rings (SSSR count). The Bertz CT molecular complexity index is 791. The molecule has 1 aliphatic heterocycles. The van der Waals surface area contributed by atoms with Gasteiger partial charge in [0, 0.05) is 6.04 Å². The molecule has 2 fully saturated rings. The second kappa shape index (κ2) is 5.59. The lowest BCUT2D eigenvalue weighted by molar-refractivity contribution is -0.144. The summed E-state index contributed by atoms with van der Waals surface area (Å²) >= 11 is 0. The van der Waals surface area contributed by atoms with E-state index in [2.05, 4.69) is 10.2 Å². The number of carbonyl (C=O) groups excluding carboxylic acids is 3. The molecule has 9 nitrogen and oxygen atoms in total.